The molecule has 0 aliphatic heterocycles. The van der Waals surface area contributed by atoms with Crippen molar-refractivity contribution in [1.82, 2.24) is 9.78 Å². The summed E-state index contributed by atoms with van der Waals surface area (Å²) < 4.78 is 19.3. The van der Waals surface area contributed by atoms with Gasteiger partial charge in [0.1, 0.15) is 12.4 Å². The third-order valence-electron chi connectivity index (χ3n) is 2.34. The van der Waals surface area contributed by atoms with Gasteiger partial charge in [-0.2, -0.15) is 5.10 Å². The lowest BCUT2D eigenvalue weighted by Gasteiger charge is -2.02. The number of halogens is 1. The first-order valence-corrected chi connectivity index (χ1v) is 5.69. The first-order chi connectivity index (χ1) is 9.06. The second-order valence-electron chi connectivity index (χ2n) is 4.16. The largest absolute Gasteiger partial charge is 0.456 e. The molecule has 0 atom stereocenters. The molecule has 2 rings (SSSR count). The van der Waals surface area contributed by atoms with E-state index in [1.54, 1.807) is 31.3 Å². The maximum absolute atomic E-state index is 12.8. The molecule has 0 fully saturated rings. The number of carbonyl (C=O) groups is 1. The third kappa shape index (κ3) is 3.28. The summed E-state index contributed by atoms with van der Waals surface area (Å²) >= 11 is 0. The molecule has 19 heavy (non-hydrogen) atoms. The highest BCUT2D eigenvalue weighted by Crippen LogP contribution is 2.09. The van der Waals surface area contributed by atoms with Crippen LogP contribution in [-0.2, 0) is 4.74 Å². The fourth-order valence-electron chi connectivity index (χ4n) is 1.43. The summed E-state index contributed by atoms with van der Waals surface area (Å²) in [5.41, 5.74) is 1.62. The second kappa shape index (κ2) is 5.48. The standard InChI is InChI=1S/C14H13FN2O2/c1-10(2)9-19-14(18)13-7-8-17(16-13)12-5-3-11(15)4-6-12/h3-8H,1,9H2,2H3. The average molecular weight is 260 g/mol. The lowest BCUT2D eigenvalue weighted by Crippen LogP contribution is -2.08. The number of hydrogen-bond acceptors (Lipinski definition) is 3. The van der Waals surface area contributed by atoms with Gasteiger partial charge in [-0.1, -0.05) is 6.58 Å². The molecule has 2 aromatic rings. The van der Waals surface area contributed by atoms with Crippen LogP contribution in [-0.4, -0.2) is 22.4 Å². The van der Waals surface area contributed by atoms with Crippen molar-refractivity contribution in [1.29, 1.82) is 0 Å². The number of carbonyl (C=O) groups excluding carboxylic acids is 1. The third-order valence-corrected chi connectivity index (χ3v) is 2.34. The van der Waals surface area contributed by atoms with Crippen molar-refractivity contribution in [2.45, 2.75) is 6.92 Å². The van der Waals surface area contributed by atoms with Gasteiger partial charge in [-0.05, 0) is 42.8 Å². The number of rotatable bonds is 4. The number of nitrogens with zero attached hydrogens (tertiary/aromatic N) is 2. The van der Waals surface area contributed by atoms with Gasteiger partial charge >= 0.3 is 5.97 Å². The Morgan fingerprint density at radius 1 is 1.37 bits per heavy atom. The summed E-state index contributed by atoms with van der Waals surface area (Å²) in [4.78, 5) is 11.6. The van der Waals surface area contributed by atoms with Crippen molar-refractivity contribution in [2.24, 2.45) is 0 Å². The Balaban J connectivity index is 2.12. The molecule has 0 bridgehead atoms. The Kier molecular flexibility index (Phi) is 3.75. The van der Waals surface area contributed by atoms with Crippen LogP contribution in [0.25, 0.3) is 5.69 Å². The molecule has 98 valence electrons. The van der Waals surface area contributed by atoms with E-state index in [-0.39, 0.29) is 18.1 Å². The van der Waals surface area contributed by atoms with E-state index in [1.807, 2.05) is 0 Å². The van der Waals surface area contributed by atoms with Crippen molar-refractivity contribution in [3.05, 3.63) is 60.2 Å². The van der Waals surface area contributed by atoms with Crippen LogP contribution in [0.2, 0.25) is 0 Å². The van der Waals surface area contributed by atoms with Crippen LogP contribution < -0.4 is 0 Å². The Labute approximate surface area is 110 Å². The number of benzene rings is 1. The summed E-state index contributed by atoms with van der Waals surface area (Å²) in [6.07, 6.45) is 1.62. The first kappa shape index (κ1) is 13.0. The van der Waals surface area contributed by atoms with Crippen LogP contribution in [0, 0.1) is 5.82 Å². The van der Waals surface area contributed by atoms with Crippen molar-refractivity contribution >= 4 is 5.97 Å². The van der Waals surface area contributed by atoms with Crippen molar-refractivity contribution in [2.75, 3.05) is 6.61 Å². The Morgan fingerprint density at radius 3 is 2.68 bits per heavy atom. The maximum Gasteiger partial charge on any atom is 0.359 e. The van der Waals surface area contributed by atoms with Gasteiger partial charge in [0.2, 0.25) is 0 Å². The minimum absolute atomic E-state index is 0.169. The van der Waals surface area contributed by atoms with Crippen LogP contribution >= 0.6 is 0 Å². The van der Waals surface area contributed by atoms with E-state index in [1.165, 1.54) is 16.8 Å². The zero-order valence-electron chi connectivity index (χ0n) is 10.5. The van der Waals surface area contributed by atoms with Crippen LogP contribution in [0.5, 0.6) is 0 Å². The number of aromatic nitrogens is 2. The molecule has 0 aliphatic carbocycles. The molecule has 4 nitrogen and oxygen atoms in total. The number of hydrogen-bond donors (Lipinski definition) is 0. The van der Waals surface area contributed by atoms with Crippen LogP contribution in [0.15, 0.2) is 48.7 Å². The highest BCUT2D eigenvalue weighted by atomic mass is 19.1. The van der Waals surface area contributed by atoms with Gasteiger partial charge in [0.15, 0.2) is 5.69 Å². The molecule has 0 aliphatic rings. The van der Waals surface area contributed by atoms with E-state index in [4.69, 9.17) is 4.74 Å². The van der Waals surface area contributed by atoms with Crippen molar-refractivity contribution < 1.29 is 13.9 Å². The smallest absolute Gasteiger partial charge is 0.359 e. The van der Waals surface area contributed by atoms with Gasteiger partial charge < -0.3 is 4.74 Å². The molecule has 1 aromatic heterocycles. The van der Waals surface area contributed by atoms with E-state index >= 15 is 0 Å². The van der Waals surface area contributed by atoms with Crippen LogP contribution in [0.1, 0.15) is 17.4 Å². The molecule has 0 radical (unpaired) electrons. The molecular weight excluding hydrogens is 247 g/mol. The second-order valence-corrected chi connectivity index (χ2v) is 4.16. The summed E-state index contributed by atoms with van der Waals surface area (Å²) in [5, 5.41) is 4.08. The first-order valence-electron chi connectivity index (χ1n) is 5.69. The van der Waals surface area contributed by atoms with Crippen molar-refractivity contribution in [3.63, 3.8) is 0 Å². The minimum Gasteiger partial charge on any atom is -0.456 e. The molecule has 0 N–H and O–H groups in total. The molecule has 5 heteroatoms. The van der Waals surface area contributed by atoms with E-state index in [2.05, 4.69) is 11.7 Å². The Bertz CT molecular complexity index is 602. The van der Waals surface area contributed by atoms with Crippen LogP contribution in [0.4, 0.5) is 4.39 Å². The highest BCUT2D eigenvalue weighted by molar-refractivity contribution is 5.87. The fraction of sp³-hybridized carbons (Fsp3) is 0.143. The molecular formula is C14H13FN2O2. The van der Waals surface area contributed by atoms with E-state index < -0.39 is 5.97 Å². The Hall–Kier alpha value is -2.43. The summed E-state index contributed by atoms with van der Waals surface area (Å²) in [6.45, 7) is 5.58. The zero-order chi connectivity index (χ0) is 13.8. The molecule has 0 amide bonds. The minimum atomic E-state index is -0.510. The van der Waals surface area contributed by atoms with Crippen LogP contribution in [0.3, 0.4) is 0 Å². The van der Waals surface area contributed by atoms with Gasteiger partial charge in [-0.25, -0.2) is 13.9 Å². The lowest BCUT2D eigenvalue weighted by atomic mass is 10.3. The molecule has 1 aromatic carbocycles. The topological polar surface area (TPSA) is 44.1 Å². The summed E-state index contributed by atoms with van der Waals surface area (Å²) in [5.74, 6) is -0.833. The van der Waals surface area contributed by atoms with Gasteiger partial charge in [0.05, 0.1) is 5.69 Å². The number of ether oxygens (including phenoxy) is 1. The van der Waals surface area contributed by atoms with E-state index in [0.29, 0.717) is 5.69 Å². The predicted molar refractivity (Wildman–Crippen MR) is 68.6 cm³/mol. The van der Waals surface area contributed by atoms with Crippen molar-refractivity contribution in [3.8, 4) is 5.69 Å². The lowest BCUT2D eigenvalue weighted by molar-refractivity contribution is 0.0533. The summed E-state index contributed by atoms with van der Waals surface area (Å²) in [7, 11) is 0. The summed E-state index contributed by atoms with van der Waals surface area (Å²) in [6, 6.07) is 7.35. The van der Waals surface area contributed by atoms with E-state index in [0.717, 1.165) is 5.57 Å². The molecule has 0 unspecified atom stereocenters. The Morgan fingerprint density at radius 2 is 2.05 bits per heavy atom. The molecule has 0 spiro atoms. The number of esters is 1. The fourth-order valence-corrected chi connectivity index (χ4v) is 1.43. The monoisotopic (exact) mass is 260 g/mol. The van der Waals surface area contributed by atoms with Gasteiger partial charge in [0, 0.05) is 6.20 Å². The molecule has 1 heterocycles. The molecule has 0 saturated carbocycles. The van der Waals surface area contributed by atoms with Gasteiger partial charge in [0.25, 0.3) is 0 Å². The zero-order valence-corrected chi connectivity index (χ0v) is 10.5. The normalized spacial score (nSPS) is 10.2. The average Bonchev–Trinajstić information content (AvgIpc) is 2.86. The van der Waals surface area contributed by atoms with Gasteiger partial charge in [-0.3, -0.25) is 0 Å². The molecule has 0 saturated heterocycles. The predicted octanol–water partition coefficient (Wildman–Crippen LogP) is 2.74. The van der Waals surface area contributed by atoms with Gasteiger partial charge in [-0.15, -0.1) is 0 Å². The van der Waals surface area contributed by atoms with E-state index in [9.17, 15) is 9.18 Å². The maximum atomic E-state index is 12.8. The quantitative estimate of drug-likeness (QED) is 0.627. The highest BCUT2D eigenvalue weighted by Gasteiger charge is 2.11. The SMILES string of the molecule is C=C(C)COC(=O)c1ccn(-c2ccc(F)cc2)n1.